The van der Waals surface area contributed by atoms with Crippen LogP contribution in [0.5, 0.6) is 34.5 Å². The highest BCUT2D eigenvalue weighted by Gasteiger charge is 2.46. The van der Waals surface area contributed by atoms with Crippen molar-refractivity contribution in [3.05, 3.63) is 103 Å². The maximum atomic E-state index is 13.7. The maximum Gasteiger partial charge on any atom is 0.201 e. The molecule has 0 amide bonds. The Hall–Kier alpha value is -4.69. The van der Waals surface area contributed by atoms with Gasteiger partial charge in [0, 0.05) is 17.9 Å². The molecule has 196 valence electrons. The molecule has 8 nitrogen and oxygen atoms in total. The Kier molecular flexibility index (Phi) is 5.15. The number of fused-ring (bicyclic) bond motifs is 4. The van der Waals surface area contributed by atoms with E-state index in [0.29, 0.717) is 22.3 Å². The number of halogens is 1. The molecule has 0 saturated heterocycles. The number of ketones is 2. The Morgan fingerprint density at radius 1 is 0.538 bits per heavy atom. The average Bonchev–Trinajstić information content (AvgIpc) is 2.82. The minimum absolute atomic E-state index is 0.0710. The summed E-state index contributed by atoms with van der Waals surface area (Å²) in [7, 11) is 0. The molecule has 39 heavy (non-hydrogen) atoms. The third-order valence-corrected chi connectivity index (χ3v) is 7.92. The highest BCUT2D eigenvalue weighted by Crippen LogP contribution is 2.57. The number of benzene rings is 4. The summed E-state index contributed by atoms with van der Waals surface area (Å²) in [4.78, 5) is 27.3. The van der Waals surface area contributed by atoms with E-state index in [2.05, 4.69) is 0 Å². The molecule has 0 aliphatic heterocycles. The molecule has 9 heteroatoms. The fourth-order valence-corrected chi connectivity index (χ4v) is 6.29. The van der Waals surface area contributed by atoms with Crippen LogP contribution in [0.15, 0.2) is 42.5 Å². The van der Waals surface area contributed by atoms with E-state index >= 15 is 0 Å². The standard InChI is InChI=1S/C30H21ClO8/c1-10-3-13-21(15-7-12(32)8-19(35)25(15)28(37)23(13)17(33)5-10)22-14-4-11(2)6-18(34)24(14)29(38)26-16(22)9-20(36)27(31)30(26)39/h3-9,21-22,32-36,39H,1-2H3/t21-,22-/m0/s1. The molecule has 2 atom stereocenters. The monoisotopic (exact) mass is 544 g/mol. The molecular formula is C30H21ClO8. The molecule has 0 fully saturated rings. The van der Waals surface area contributed by atoms with Crippen molar-refractivity contribution in [2.75, 3.05) is 0 Å². The number of aryl methyl sites for hydroxylation is 2. The molecule has 6 N–H and O–H groups in total. The Bertz CT molecular complexity index is 1740. The third-order valence-electron chi connectivity index (χ3n) is 7.55. The second-order valence-corrected chi connectivity index (χ2v) is 10.4. The van der Waals surface area contributed by atoms with Gasteiger partial charge in [-0.1, -0.05) is 23.7 Å². The van der Waals surface area contributed by atoms with E-state index in [1.54, 1.807) is 26.0 Å². The largest absolute Gasteiger partial charge is 0.508 e. The topological polar surface area (TPSA) is 156 Å². The molecule has 2 aliphatic rings. The van der Waals surface area contributed by atoms with E-state index in [-0.39, 0.29) is 50.6 Å². The quantitative estimate of drug-likeness (QED) is 0.190. The normalized spacial score (nSPS) is 17.3. The molecule has 4 aromatic carbocycles. The van der Waals surface area contributed by atoms with Crippen LogP contribution in [0.1, 0.15) is 77.1 Å². The zero-order valence-electron chi connectivity index (χ0n) is 20.6. The van der Waals surface area contributed by atoms with Gasteiger partial charge in [-0.3, -0.25) is 9.59 Å². The molecule has 0 heterocycles. The van der Waals surface area contributed by atoms with Crippen LogP contribution in [0.4, 0.5) is 0 Å². The summed E-state index contributed by atoms with van der Waals surface area (Å²) in [6, 6.07) is 9.76. The molecule has 0 bridgehead atoms. The van der Waals surface area contributed by atoms with Gasteiger partial charge >= 0.3 is 0 Å². The van der Waals surface area contributed by atoms with Crippen LogP contribution in [0.2, 0.25) is 5.02 Å². The van der Waals surface area contributed by atoms with Gasteiger partial charge in [0.15, 0.2) is 0 Å². The van der Waals surface area contributed by atoms with Crippen molar-refractivity contribution in [2.24, 2.45) is 0 Å². The number of phenolic OH excluding ortho intramolecular Hbond substituents is 6. The summed E-state index contributed by atoms with van der Waals surface area (Å²) in [6.07, 6.45) is 0. The lowest BCUT2D eigenvalue weighted by Gasteiger charge is -2.38. The summed E-state index contributed by atoms with van der Waals surface area (Å²) < 4.78 is 0. The molecule has 2 aliphatic carbocycles. The van der Waals surface area contributed by atoms with Gasteiger partial charge in [0.25, 0.3) is 0 Å². The first-order valence-electron chi connectivity index (χ1n) is 12.0. The summed E-state index contributed by atoms with van der Waals surface area (Å²) in [6.45, 7) is 3.43. The Balaban J connectivity index is 1.81. The number of hydrogen-bond acceptors (Lipinski definition) is 8. The summed E-state index contributed by atoms with van der Waals surface area (Å²) in [5.41, 5.74) is 1.66. The van der Waals surface area contributed by atoms with Crippen LogP contribution in [0.25, 0.3) is 0 Å². The molecule has 0 radical (unpaired) electrons. The van der Waals surface area contributed by atoms with Gasteiger partial charge in [-0.05, 0) is 71.5 Å². The van der Waals surface area contributed by atoms with E-state index in [9.17, 15) is 40.2 Å². The predicted molar refractivity (Wildman–Crippen MR) is 141 cm³/mol. The molecule has 6 rings (SSSR count). The molecule has 0 aromatic heterocycles. The molecule has 0 unspecified atom stereocenters. The number of carbonyl (C=O) groups is 2. The summed E-state index contributed by atoms with van der Waals surface area (Å²) in [5.74, 6) is -5.94. The molecule has 0 saturated carbocycles. The molecule has 0 spiro atoms. The third kappa shape index (κ3) is 3.31. The Morgan fingerprint density at radius 3 is 1.46 bits per heavy atom. The zero-order chi connectivity index (χ0) is 28.1. The van der Waals surface area contributed by atoms with Crippen LogP contribution >= 0.6 is 11.6 Å². The minimum atomic E-state index is -0.958. The zero-order valence-corrected chi connectivity index (χ0v) is 21.3. The minimum Gasteiger partial charge on any atom is -0.508 e. The smallest absolute Gasteiger partial charge is 0.201 e. The van der Waals surface area contributed by atoms with Crippen LogP contribution < -0.4 is 0 Å². The van der Waals surface area contributed by atoms with E-state index in [4.69, 9.17) is 11.6 Å². The van der Waals surface area contributed by atoms with Crippen LogP contribution in [-0.2, 0) is 0 Å². The highest BCUT2D eigenvalue weighted by molar-refractivity contribution is 6.34. The Morgan fingerprint density at radius 2 is 0.949 bits per heavy atom. The first kappa shape index (κ1) is 24.6. The number of phenols is 6. The second-order valence-electron chi connectivity index (χ2n) is 10.1. The second kappa shape index (κ2) is 8.15. The van der Waals surface area contributed by atoms with Gasteiger partial charge in [0.1, 0.15) is 39.5 Å². The van der Waals surface area contributed by atoms with Gasteiger partial charge in [0.2, 0.25) is 11.6 Å². The lowest BCUT2D eigenvalue weighted by Crippen LogP contribution is -2.29. The van der Waals surface area contributed by atoms with Crippen molar-refractivity contribution >= 4 is 23.2 Å². The predicted octanol–water partition coefficient (Wildman–Crippen LogP) is 5.24. The van der Waals surface area contributed by atoms with E-state index in [1.807, 2.05) is 0 Å². The van der Waals surface area contributed by atoms with Crippen molar-refractivity contribution in [1.82, 2.24) is 0 Å². The van der Waals surface area contributed by atoms with Crippen molar-refractivity contribution in [3.63, 3.8) is 0 Å². The number of aromatic hydroxyl groups is 6. The number of carbonyl (C=O) groups excluding carboxylic acids is 2. The SMILES string of the molecule is Cc1cc(O)c2c(c1)[C@H]([C@H]1c3cc(C)cc(O)c3C(=O)c3c1cc(O)c(Cl)c3O)c1cc(O)cc(O)c1C2=O. The average molecular weight is 545 g/mol. The molecular weight excluding hydrogens is 524 g/mol. The lowest BCUT2D eigenvalue weighted by molar-refractivity contribution is 0.101. The van der Waals surface area contributed by atoms with Crippen LogP contribution in [0.3, 0.4) is 0 Å². The van der Waals surface area contributed by atoms with E-state index in [0.717, 1.165) is 6.07 Å². The Labute approximate surface area is 226 Å². The first-order chi connectivity index (χ1) is 18.4. The van der Waals surface area contributed by atoms with Crippen LogP contribution in [0, 0.1) is 13.8 Å². The van der Waals surface area contributed by atoms with Gasteiger partial charge in [-0.15, -0.1) is 0 Å². The summed E-state index contributed by atoms with van der Waals surface area (Å²) in [5, 5.41) is 64.1. The van der Waals surface area contributed by atoms with Crippen molar-refractivity contribution in [2.45, 2.75) is 25.7 Å². The fraction of sp³-hybridized carbons (Fsp3) is 0.133. The highest BCUT2D eigenvalue weighted by atomic mass is 35.5. The van der Waals surface area contributed by atoms with Gasteiger partial charge < -0.3 is 30.6 Å². The van der Waals surface area contributed by atoms with E-state index < -0.39 is 45.7 Å². The van der Waals surface area contributed by atoms with Crippen molar-refractivity contribution in [1.29, 1.82) is 0 Å². The van der Waals surface area contributed by atoms with Crippen molar-refractivity contribution < 1.29 is 40.2 Å². The lowest BCUT2D eigenvalue weighted by atomic mass is 9.63. The summed E-state index contributed by atoms with van der Waals surface area (Å²) >= 11 is 6.11. The number of hydrogen-bond donors (Lipinski definition) is 6. The van der Waals surface area contributed by atoms with Gasteiger partial charge in [-0.2, -0.15) is 0 Å². The molecule has 4 aromatic rings. The van der Waals surface area contributed by atoms with Gasteiger partial charge in [0.05, 0.1) is 22.3 Å². The van der Waals surface area contributed by atoms with Gasteiger partial charge in [-0.25, -0.2) is 0 Å². The first-order valence-corrected chi connectivity index (χ1v) is 12.3. The van der Waals surface area contributed by atoms with E-state index in [1.165, 1.54) is 24.3 Å². The fourth-order valence-electron chi connectivity index (χ4n) is 6.14. The maximum absolute atomic E-state index is 13.7. The number of rotatable bonds is 1. The van der Waals surface area contributed by atoms with Crippen LogP contribution in [-0.4, -0.2) is 42.2 Å². The van der Waals surface area contributed by atoms with Crippen molar-refractivity contribution in [3.8, 4) is 34.5 Å².